The number of carbonyl (C=O) groups is 1. The maximum atomic E-state index is 13.0. The summed E-state index contributed by atoms with van der Waals surface area (Å²) in [5, 5.41) is 17.7. The van der Waals surface area contributed by atoms with Gasteiger partial charge in [0.05, 0.1) is 28.8 Å². The van der Waals surface area contributed by atoms with E-state index in [4.69, 9.17) is 10.4 Å². The molecule has 20 heavy (non-hydrogen) atoms. The Morgan fingerprint density at radius 1 is 1.45 bits per heavy atom. The van der Waals surface area contributed by atoms with E-state index >= 15 is 0 Å². The van der Waals surface area contributed by atoms with Crippen LogP contribution in [-0.4, -0.2) is 24.2 Å². The molecule has 106 valence electrons. The molecule has 1 heterocycles. The fourth-order valence-corrected chi connectivity index (χ4v) is 2.28. The van der Waals surface area contributed by atoms with Crippen molar-refractivity contribution in [3.63, 3.8) is 0 Å². The molecule has 1 aromatic rings. The van der Waals surface area contributed by atoms with Gasteiger partial charge in [-0.1, -0.05) is 0 Å². The fraction of sp³-hybridized carbons (Fsp3) is 0.385. The van der Waals surface area contributed by atoms with Crippen LogP contribution in [0.5, 0.6) is 0 Å². The van der Waals surface area contributed by atoms with Crippen molar-refractivity contribution in [1.82, 2.24) is 0 Å². The maximum Gasteiger partial charge on any atom is 0.418 e. The Morgan fingerprint density at radius 2 is 2.15 bits per heavy atom. The molecule has 1 aliphatic rings. The molecule has 0 saturated carbocycles. The molecule has 1 atom stereocenters. The summed E-state index contributed by atoms with van der Waals surface area (Å²) in [5.41, 5.74) is -0.852. The smallest absolute Gasteiger partial charge is 0.418 e. The van der Waals surface area contributed by atoms with Gasteiger partial charge in [0, 0.05) is 13.1 Å². The van der Waals surface area contributed by atoms with Gasteiger partial charge in [-0.2, -0.15) is 18.4 Å². The van der Waals surface area contributed by atoms with Gasteiger partial charge >= 0.3 is 12.1 Å². The summed E-state index contributed by atoms with van der Waals surface area (Å²) in [7, 11) is 0. The first-order chi connectivity index (χ1) is 9.32. The van der Waals surface area contributed by atoms with Crippen molar-refractivity contribution in [3.05, 3.63) is 29.3 Å². The van der Waals surface area contributed by atoms with Gasteiger partial charge in [0.1, 0.15) is 0 Å². The average Bonchev–Trinajstić information content (AvgIpc) is 2.86. The third-order valence-corrected chi connectivity index (χ3v) is 3.31. The highest BCUT2D eigenvalue weighted by Crippen LogP contribution is 2.38. The second kappa shape index (κ2) is 5.04. The van der Waals surface area contributed by atoms with Crippen LogP contribution in [0, 0.1) is 17.2 Å². The number of carboxylic acid groups (broad SMARTS) is 1. The predicted octanol–water partition coefficient (Wildman–Crippen LogP) is 2.49. The van der Waals surface area contributed by atoms with E-state index in [-0.39, 0.29) is 24.3 Å². The molecular formula is C13H11F3N2O2. The molecule has 1 aliphatic heterocycles. The molecule has 1 saturated heterocycles. The second-order valence-corrected chi connectivity index (χ2v) is 4.61. The van der Waals surface area contributed by atoms with Gasteiger partial charge in [-0.25, -0.2) is 0 Å². The van der Waals surface area contributed by atoms with Crippen LogP contribution >= 0.6 is 0 Å². The Kier molecular flexibility index (Phi) is 3.57. The van der Waals surface area contributed by atoms with Gasteiger partial charge in [-0.15, -0.1) is 0 Å². The molecule has 0 aliphatic carbocycles. The van der Waals surface area contributed by atoms with Crippen LogP contribution in [0.15, 0.2) is 18.2 Å². The number of aliphatic carboxylic acids is 1. The summed E-state index contributed by atoms with van der Waals surface area (Å²) in [6.07, 6.45) is -4.24. The van der Waals surface area contributed by atoms with Crippen LogP contribution in [0.3, 0.4) is 0 Å². The van der Waals surface area contributed by atoms with E-state index in [1.165, 1.54) is 4.90 Å². The number of benzene rings is 1. The predicted molar refractivity (Wildman–Crippen MR) is 64.1 cm³/mol. The summed E-state index contributed by atoms with van der Waals surface area (Å²) in [4.78, 5) is 12.3. The zero-order chi connectivity index (χ0) is 14.9. The van der Waals surface area contributed by atoms with E-state index in [9.17, 15) is 18.0 Å². The third-order valence-electron chi connectivity index (χ3n) is 3.31. The van der Waals surface area contributed by atoms with E-state index in [0.717, 1.165) is 18.2 Å². The molecular weight excluding hydrogens is 273 g/mol. The van der Waals surface area contributed by atoms with Gasteiger partial charge in [0.15, 0.2) is 0 Å². The van der Waals surface area contributed by atoms with Crippen molar-refractivity contribution in [2.75, 3.05) is 18.0 Å². The van der Waals surface area contributed by atoms with Crippen LogP contribution < -0.4 is 4.90 Å². The van der Waals surface area contributed by atoms with Crippen molar-refractivity contribution >= 4 is 11.7 Å². The summed E-state index contributed by atoms with van der Waals surface area (Å²) < 4.78 is 38.9. The number of nitriles is 1. The average molecular weight is 284 g/mol. The minimum Gasteiger partial charge on any atom is -0.481 e. The Hall–Kier alpha value is -2.23. The molecule has 7 heteroatoms. The minimum atomic E-state index is -4.54. The summed E-state index contributed by atoms with van der Waals surface area (Å²) >= 11 is 0. The van der Waals surface area contributed by atoms with Gasteiger partial charge in [-0.05, 0) is 24.6 Å². The number of carboxylic acids is 1. The molecule has 0 bridgehead atoms. The minimum absolute atomic E-state index is 0.0211. The van der Waals surface area contributed by atoms with E-state index in [0.29, 0.717) is 6.42 Å². The van der Waals surface area contributed by atoms with Crippen LogP contribution in [0.1, 0.15) is 17.5 Å². The van der Waals surface area contributed by atoms with Gasteiger partial charge in [-0.3, -0.25) is 4.79 Å². The van der Waals surface area contributed by atoms with Crippen molar-refractivity contribution in [2.45, 2.75) is 12.6 Å². The molecule has 1 fully saturated rings. The molecule has 1 aromatic carbocycles. The lowest BCUT2D eigenvalue weighted by molar-refractivity contribution is -0.141. The van der Waals surface area contributed by atoms with Crippen molar-refractivity contribution in [2.24, 2.45) is 5.92 Å². The molecule has 1 N–H and O–H groups in total. The van der Waals surface area contributed by atoms with E-state index in [1.54, 1.807) is 6.07 Å². The SMILES string of the molecule is N#Cc1ccc(C(F)(F)F)c(N2CCC(C(=O)O)C2)c1. The highest BCUT2D eigenvalue weighted by Gasteiger charge is 2.37. The highest BCUT2D eigenvalue weighted by atomic mass is 19.4. The molecule has 0 spiro atoms. The number of halogens is 3. The van der Waals surface area contributed by atoms with Gasteiger partial charge < -0.3 is 10.0 Å². The van der Waals surface area contributed by atoms with Crippen LogP contribution in [0.2, 0.25) is 0 Å². The molecule has 2 rings (SSSR count). The summed E-state index contributed by atoms with van der Waals surface area (Å²) in [5.74, 6) is -1.70. The Morgan fingerprint density at radius 3 is 2.65 bits per heavy atom. The Labute approximate surface area is 113 Å². The van der Waals surface area contributed by atoms with Crippen LogP contribution in [0.25, 0.3) is 0 Å². The lowest BCUT2D eigenvalue weighted by Gasteiger charge is -2.23. The van der Waals surface area contributed by atoms with Gasteiger partial charge in [0.2, 0.25) is 0 Å². The number of rotatable bonds is 2. The number of hydrogen-bond acceptors (Lipinski definition) is 3. The Bertz CT molecular complexity index is 578. The lowest BCUT2D eigenvalue weighted by atomic mass is 10.1. The van der Waals surface area contributed by atoms with Crippen molar-refractivity contribution in [3.8, 4) is 6.07 Å². The van der Waals surface area contributed by atoms with Crippen molar-refractivity contribution in [1.29, 1.82) is 5.26 Å². The number of hydrogen-bond donors (Lipinski definition) is 1. The second-order valence-electron chi connectivity index (χ2n) is 4.61. The maximum absolute atomic E-state index is 13.0. The first-order valence-corrected chi connectivity index (χ1v) is 5.92. The lowest BCUT2D eigenvalue weighted by Crippen LogP contribution is -2.25. The van der Waals surface area contributed by atoms with Crippen LogP contribution in [-0.2, 0) is 11.0 Å². The van der Waals surface area contributed by atoms with Crippen molar-refractivity contribution < 1.29 is 23.1 Å². The van der Waals surface area contributed by atoms with E-state index in [1.807, 2.05) is 0 Å². The van der Waals surface area contributed by atoms with E-state index < -0.39 is 23.6 Å². The quantitative estimate of drug-likeness (QED) is 0.906. The largest absolute Gasteiger partial charge is 0.481 e. The number of nitrogens with zero attached hydrogens (tertiary/aromatic N) is 2. The van der Waals surface area contributed by atoms with Crippen LogP contribution in [0.4, 0.5) is 18.9 Å². The normalized spacial score (nSPS) is 18.9. The molecule has 0 radical (unpaired) electrons. The zero-order valence-corrected chi connectivity index (χ0v) is 10.3. The summed E-state index contributed by atoms with van der Waals surface area (Å²) in [6, 6.07) is 4.92. The van der Waals surface area contributed by atoms with E-state index in [2.05, 4.69) is 0 Å². The standard InChI is InChI=1S/C13H11F3N2O2/c14-13(15,16)10-2-1-8(6-17)5-11(10)18-4-3-9(7-18)12(19)20/h1-2,5,9H,3-4,7H2,(H,19,20). The Balaban J connectivity index is 2.40. The van der Waals surface area contributed by atoms with Gasteiger partial charge in [0.25, 0.3) is 0 Å². The first kappa shape index (κ1) is 14.2. The molecule has 0 amide bonds. The molecule has 4 nitrogen and oxygen atoms in total. The highest BCUT2D eigenvalue weighted by molar-refractivity contribution is 5.72. The number of alkyl halides is 3. The molecule has 0 aromatic heterocycles. The third kappa shape index (κ3) is 2.69. The fourth-order valence-electron chi connectivity index (χ4n) is 2.28. The topological polar surface area (TPSA) is 64.3 Å². The molecule has 1 unspecified atom stereocenters. The first-order valence-electron chi connectivity index (χ1n) is 5.92. The zero-order valence-electron chi connectivity index (χ0n) is 10.3. The number of anilines is 1. The monoisotopic (exact) mass is 284 g/mol. The summed E-state index contributed by atoms with van der Waals surface area (Å²) in [6.45, 7) is 0.252.